The largest absolute Gasteiger partial charge is 0.487 e. The lowest BCUT2D eigenvalue weighted by Crippen LogP contribution is -2.04. The maximum atomic E-state index is 6.06. The molecule has 15 heavy (non-hydrogen) atoms. The van der Waals surface area contributed by atoms with Crippen molar-refractivity contribution in [3.8, 4) is 16.2 Å². The smallest absolute Gasteiger partial charge is 0.132 e. The molecule has 0 saturated heterocycles. The molecule has 2 nitrogen and oxygen atoms in total. The van der Waals surface area contributed by atoms with Gasteiger partial charge in [0.15, 0.2) is 0 Å². The van der Waals surface area contributed by atoms with Crippen LogP contribution in [0.4, 0.5) is 0 Å². The van der Waals surface area contributed by atoms with Gasteiger partial charge in [-0.3, -0.25) is 0 Å². The van der Waals surface area contributed by atoms with Crippen molar-refractivity contribution in [1.29, 1.82) is 0 Å². The second-order valence-electron chi connectivity index (χ2n) is 3.18. The third kappa shape index (κ3) is 1.48. The molecular formula is C10H5BrClNOS. The molecule has 1 aliphatic rings. The number of thiazole rings is 1. The highest BCUT2D eigenvalue weighted by molar-refractivity contribution is 9.10. The van der Waals surface area contributed by atoms with E-state index in [0.29, 0.717) is 11.6 Å². The van der Waals surface area contributed by atoms with Gasteiger partial charge >= 0.3 is 0 Å². The van der Waals surface area contributed by atoms with Gasteiger partial charge in [0.1, 0.15) is 12.4 Å². The maximum Gasteiger partial charge on any atom is 0.132 e. The van der Waals surface area contributed by atoms with Crippen LogP contribution in [0, 0.1) is 0 Å². The third-order valence-corrected chi connectivity index (χ3v) is 4.37. The molecule has 0 N–H and O–H groups in total. The van der Waals surface area contributed by atoms with Gasteiger partial charge in [0.05, 0.1) is 21.1 Å². The standard InChI is InChI=1S/C10H5BrClNOS/c11-6-2-9-5(1-7(6)12)10-8(3-14-9)13-4-15-10/h1-2,4H,3H2. The first kappa shape index (κ1) is 9.63. The first-order valence-electron chi connectivity index (χ1n) is 4.30. The summed E-state index contributed by atoms with van der Waals surface area (Å²) in [6.07, 6.45) is 0. The zero-order chi connectivity index (χ0) is 10.4. The van der Waals surface area contributed by atoms with Crippen LogP contribution in [-0.2, 0) is 6.61 Å². The Bertz CT molecular complexity index is 540. The summed E-state index contributed by atoms with van der Waals surface area (Å²) in [6, 6.07) is 3.82. The van der Waals surface area contributed by atoms with Crippen molar-refractivity contribution in [2.75, 3.05) is 0 Å². The van der Waals surface area contributed by atoms with Crippen LogP contribution >= 0.6 is 38.9 Å². The molecule has 0 fully saturated rings. The zero-order valence-corrected chi connectivity index (χ0v) is 10.6. The topological polar surface area (TPSA) is 22.1 Å². The molecular weight excluding hydrogens is 298 g/mol. The van der Waals surface area contributed by atoms with E-state index in [1.807, 2.05) is 17.6 Å². The molecule has 5 heteroatoms. The molecule has 1 aliphatic heterocycles. The molecule has 2 heterocycles. The Balaban J connectivity index is 2.28. The van der Waals surface area contributed by atoms with E-state index in [9.17, 15) is 0 Å². The molecule has 0 unspecified atom stereocenters. The van der Waals surface area contributed by atoms with Crippen molar-refractivity contribution in [1.82, 2.24) is 4.98 Å². The predicted molar refractivity (Wildman–Crippen MR) is 64.6 cm³/mol. The van der Waals surface area contributed by atoms with Crippen LogP contribution in [0.5, 0.6) is 5.75 Å². The number of benzene rings is 1. The molecule has 2 aromatic rings. The minimum Gasteiger partial charge on any atom is -0.487 e. The van der Waals surface area contributed by atoms with Gasteiger partial charge in [0.25, 0.3) is 0 Å². The number of nitrogens with zero attached hydrogens (tertiary/aromatic N) is 1. The summed E-state index contributed by atoms with van der Waals surface area (Å²) in [4.78, 5) is 5.40. The van der Waals surface area contributed by atoms with Crippen LogP contribution in [0.2, 0.25) is 5.02 Å². The lowest BCUT2D eigenvalue weighted by Gasteiger charge is -2.17. The highest BCUT2D eigenvalue weighted by Gasteiger charge is 2.20. The van der Waals surface area contributed by atoms with Crippen LogP contribution in [0.3, 0.4) is 0 Å². The van der Waals surface area contributed by atoms with E-state index in [2.05, 4.69) is 20.9 Å². The SMILES string of the molecule is Clc1cc2c(cc1Br)OCc1ncsc1-2. The van der Waals surface area contributed by atoms with Crippen LogP contribution in [0.1, 0.15) is 5.69 Å². The average Bonchev–Trinajstić information content (AvgIpc) is 2.68. The summed E-state index contributed by atoms with van der Waals surface area (Å²) in [5.41, 5.74) is 3.86. The van der Waals surface area contributed by atoms with Gasteiger partial charge < -0.3 is 4.74 Å². The minimum atomic E-state index is 0.542. The molecule has 1 aromatic heterocycles. The van der Waals surface area contributed by atoms with Gasteiger partial charge in [-0.25, -0.2) is 4.98 Å². The monoisotopic (exact) mass is 301 g/mol. The summed E-state index contributed by atoms with van der Waals surface area (Å²) < 4.78 is 6.46. The molecule has 0 bridgehead atoms. The molecule has 0 spiro atoms. The molecule has 76 valence electrons. The minimum absolute atomic E-state index is 0.542. The Kier molecular flexibility index (Phi) is 2.23. The number of hydrogen-bond donors (Lipinski definition) is 0. The summed E-state index contributed by atoms with van der Waals surface area (Å²) in [7, 11) is 0. The maximum absolute atomic E-state index is 6.06. The Morgan fingerprint density at radius 2 is 2.33 bits per heavy atom. The Morgan fingerprint density at radius 1 is 1.47 bits per heavy atom. The van der Waals surface area contributed by atoms with E-state index in [4.69, 9.17) is 16.3 Å². The fraction of sp³-hybridized carbons (Fsp3) is 0.100. The average molecular weight is 303 g/mol. The van der Waals surface area contributed by atoms with Crippen LogP contribution in [0.25, 0.3) is 10.4 Å². The Labute approximate surface area is 104 Å². The third-order valence-electron chi connectivity index (χ3n) is 2.27. The van der Waals surface area contributed by atoms with E-state index < -0.39 is 0 Å². The lowest BCUT2D eigenvalue weighted by molar-refractivity contribution is 0.298. The summed E-state index contributed by atoms with van der Waals surface area (Å²) >= 11 is 11.1. The molecule has 0 aliphatic carbocycles. The van der Waals surface area contributed by atoms with Crippen LogP contribution < -0.4 is 4.74 Å². The quantitative estimate of drug-likeness (QED) is 0.730. The number of fused-ring (bicyclic) bond motifs is 3. The van der Waals surface area contributed by atoms with Crippen molar-refractivity contribution in [3.05, 3.63) is 32.8 Å². The normalized spacial score (nSPS) is 12.9. The van der Waals surface area contributed by atoms with Gasteiger partial charge in [-0.1, -0.05) is 11.6 Å². The van der Waals surface area contributed by atoms with Crippen molar-refractivity contribution in [2.45, 2.75) is 6.61 Å². The van der Waals surface area contributed by atoms with Crippen molar-refractivity contribution < 1.29 is 4.74 Å². The van der Waals surface area contributed by atoms with E-state index in [1.54, 1.807) is 11.3 Å². The fourth-order valence-electron chi connectivity index (χ4n) is 1.56. The van der Waals surface area contributed by atoms with Gasteiger partial charge in [-0.2, -0.15) is 0 Å². The summed E-state index contributed by atoms with van der Waals surface area (Å²) in [6.45, 7) is 0.542. The predicted octanol–water partition coefficient (Wildman–Crippen LogP) is 4.12. The summed E-state index contributed by atoms with van der Waals surface area (Å²) in [5.74, 6) is 0.864. The molecule has 3 rings (SSSR count). The number of rotatable bonds is 0. The molecule has 0 atom stereocenters. The number of aromatic nitrogens is 1. The van der Waals surface area contributed by atoms with E-state index in [-0.39, 0.29) is 0 Å². The Hall–Kier alpha value is -0.580. The zero-order valence-electron chi connectivity index (χ0n) is 7.46. The van der Waals surface area contributed by atoms with Gasteiger partial charge in [-0.15, -0.1) is 11.3 Å². The molecule has 0 saturated carbocycles. The molecule has 0 radical (unpaired) electrons. The number of hydrogen-bond acceptors (Lipinski definition) is 3. The molecule has 0 amide bonds. The van der Waals surface area contributed by atoms with Crippen molar-refractivity contribution in [2.24, 2.45) is 0 Å². The van der Waals surface area contributed by atoms with E-state index >= 15 is 0 Å². The molecule has 1 aromatic carbocycles. The highest BCUT2D eigenvalue weighted by Crippen LogP contribution is 2.43. The van der Waals surface area contributed by atoms with Crippen molar-refractivity contribution >= 4 is 38.9 Å². The second-order valence-corrected chi connectivity index (χ2v) is 5.30. The van der Waals surface area contributed by atoms with Crippen LogP contribution in [0.15, 0.2) is 22.1 Å². The first-order valence-corrected chi connectivity index (χ1v) is 6.35. The van der Waals surface area contributed by atoms with E-state index in [0.717, 1.165) is 26.4 Å². The van der Waals surface area contributed by atoms with Gasteiger partial charge in [0, 0.05) is 10.0 Å². The first-order chi connectivity index (χ1) is 7.25. The Morgan fingerprint density at radius 3 is 3.20 bits per heavy atom. The number of ether oxygens (including phenoxy) is 1. The number of halogens is 2. The van der Waals surface area contributed by atoms with E-state index in [1.165, 1.54) is 0 Å². The fourth-order valence-corrected chi connectivity index (χ4v) is 2.87. The highest BCUT2D eigenvalue weighted by atomic mass is 79.9. The van der Waals surface area contributed by atoms with Gasteiger partial charge in [0.2, 0.25) is 0 Å². The lowest BCUT2D eigenvalue weighted by atomic mass is 10.1. The van der Waals surface area contributed by atoms with Gasteiger partial charge in [-0.05, 0) is 28.1 Å². The second kappa shape index (κ2) is 3.47. The summed E-state index contributed by atoms with van der Waals surface area (Å²) in [5, 5.41) is 0.693. The van der Waals surface area contributed by atoms with Crippen LogP contribution in [-0.4, -0.2) is 4.98 Å². The van der Waals surface area contributed by atoms with Crippen molar-refractivity contribution in [3.63, 3.8) is 0 Å².